The Hall–Kier alpha value is -2.11. The maximum atomic E-state index is 11.5. The van der Waals surface area contributed by atoms with Crippen LogP contribution in [0.5, 0.6) is 0 Å². The molecule has 25 heavy (non-hydrogen) atoms. The molecule has 4 rings (SSSR count). The Bertz CT molecular complexity index is 944. The first kappa shape index (κ1) is 16.4. The first-order chi connectivity index (χ1) is 12.3. The van der Waals surface area contributed by atoms with E-state index in [2.05, 4.69) is 41.6 Å². The molecule has 1 aromatic heterocycles. The quantitative estimate of drug-likeness (QED) is 0.485. The lowest BCUT2D eigenvalue weighted by molar-refractivity contribution is 0.112. The lowest BCUT2D eigenvalue weighted by atomic mass is 10.0. The summed E-state index contributed by atoms with van der Waals surface area (Å²) in [7, 11) is 0. The summed E-state index contributed by atoms with van der Waals surface area (Å²) in [5, 5.41) is 6.06. The van der Waals surface area contributed by atoms with E-state index in [4.69, 9.17) is 5.10 Å². The average molecular weight is 351 g/mol. The molecule has 2 heterocycles. The Morgan fingerprint density at radius 1 is 1.16 bits per heavy atom. The number of aldehydes is 1. The highest BCUT2D eigenvalue weighted by Crippen LogP contribution is 2.48. The van der Waals surface area contributed by atoms with Crippen molar-refractivity contribution < 1.29 is 4.79 Å². The van der Waals surface area contributed by atoms with Crippen LogP contribution in [0.4, 0.5) is 0 Å². The topological polar surface area (TPSA) is 38.1 Å². The number of carbonyl (C=O) groups excluding carboxylic acids is 1. The van der Waals surface area contributed by atoms with Crippen molar-refractivity contribution in [2.45, 2.75) is 30.2 Å². The second-order valence-corrected chi connectivity index (χ2v) is 7.24. The summed E-state index contributed by atoms with van der Waals surface area (Å²) < 4.78 is 2.10. The maximum Gasteiger partial charge on any atom is 0.151 e. The van der Waals surface area contributed by atoms with Crippen LogP contribution in [0.15, 0.2) is 46.2 Å². The molecule has 0 saturated heterocycles. The predicted octanol–water partition coefficient (Wildman–Crippen LogP) is 4.32. The number of hydrogen-bond donors (Lipinski definition) is 0. The van der Waals surface area contributed by atoms with Crippen molar-refractivity contribution in [3.63, 3.8) is 0 Å². The maximum absolute atomic E-state index is 11.5. The number of carbonyl (C=O) groups is 1. The van der Waals surface area contributed by atoms with Crippen LogP contribution in [0.3, 0.4) is 0 Å². The Balaban J connectivity index is 1.87. The van der Waals surface area contributed by atoms with Crippen molar-refractivity contribution in [1.29, 1.82) is 0 Å². The number of rotatable bonds is 6. The fourth-order valence-electron chi connectivity index (χ4n) is 3.46. The lowest BCUT2D eigenvalue weighted by Crippen LogP contribution is -2.27. The molecule has 0 bridgehead atoms. The normalized spacial score (nSPS) is 12.6. The van der Waals surface area contributed by atoms with Gasteiger partial charge >= 0.3 is 0 Å². The SMILES string of the molecule is CCN(CC)CCn1nc2c3c(c(C=O)ccc31)Sc1ccccc1-2. The van der Waals surface area contributed by atoms with Crippen LogP contribution in [0.1, 0.15) is 24.2 Å². The van der Waals surface area contributed by atoms with Gasteiger partial charge in [-0.15, -0.1) is 0 Å². The Morgan fingerprint density at radius 2 is 1.96 bits per heavy atom. The van der Waals surface area contributed by atoms with Gasteiger partial charge < -0.3 is 4.90 Å². The van der Waals surface area contributed by atoms with Crippen molar-refractivity contribution in [2.75, 3.05) is 19.6 Å². The molecule has 0 unspecified atom stereocenters. The minimum absolute atomic E-state index is 0.747. The van der Waals surface area contributed by atoms with E-state index in [1.165, 1.54) is 4.90 Å². The highest BCUT2D eigenvalue weighted by Gasteiger charge is 2.25. The van der Waals surface area contributed by atoms with Crippen LogP contribution in [0.2, 0.25) is 0 Å². The molecule has 0 atom stereocenters. The van der Waals surface area contributed by atoms with Gasteiger partial charge in [-0.1, -0.05) is 43.8 Å². The molecule has 3 aromatic rings. The van der Waals surface area contributed by atoms with Crippen molar-refractivity contribution in [1.82, 2.24) is 14.7 Å². The standard InChI is InChI=1S/C20H21N3OS/c1-3-22(4-2)11-12-23-16-10-9-14(13-24)20-18(16)19(21-23)15-7-5-6-8-17(15)25-20/h5-10,13H,3-4,11-12H2,1-2H3. The third-order valence-electron chi connectivity index (χ3n) is 4.91. The van der Waals surface area contributed by atoms with Crippen molar-refractivity contribution in [3.8, 4) is 11.3 Å². The second-order valence-electron chi connectivity index (χ2n) is 6.19. The second kappa shape index (κ2) is 6.65. The van der Waals surface area contributed by atoms with Crippen LogP contribution >= 0.6 is 11.8 Å². The molecular weight excluding hydrogens is 330 g/mol. The third kappa shape index (κ3) is 2.68. The molecule has 0 radical (unpaired) electrons. The van der Waals surface area contributed by atoms with E-state index in [1.54, 1.807) is 11.8 Å². The van der Waals surface area contributed by atoms with Gasteiger partial charge in [0.2, 0.25) is 0 Å². The van der Waals surface area contributed by atoms with Gasteiger partial charge in [-0.25, -0.2) is 0 Å². The summed E-state index contributed by atoms with van der Waals surface area (Å²) in [6.07, 6.45) is 0.951. The Labute approximate surface area is 151 Å². The fraction of sp³-hybridized carbons (Fsp3) is 0.300. The van der Waals surface area contributed by atoms with E-state index in [-0.39, 0.29) is 0 Å². The first-order valence-electron chi connectivity index (χ1n) is 8.75. The summed E-state index contributed by atoms with van der Waals surface area (Å²) >= 11 is 1.68. The molecule has 0 fully saturated rings. The number of hydrogen-bond acceptors (Lipinski definition) is 4. The van der Waals surface area contributed by atoms with Crippen LogP contribution in [-0.2, 0) is 6.54 Å². The molecule has 2 aromatic carbocycles. The highest BCUT2D eigenvalue weighted by atomic mass is 32.2. The zero-order chi connectivity index (χ0) is 17.4. The predicted molar refractivity (Wildman–Crippen MR) is 102 cm³/mol. The Morgan fingerprint density at radius 3 is 2.72 bits per heavy atom. The van der Waals surface area contributed by atoms with E-state index in [1.807, 2.05) is 18.2 Å². The van der Waals surface area contributed by atoms with Gasteiger partial charge in [0, 0.05) is 32.8 Å². The highest BCUT2D eigenvalue weighted by molar-refractivity contribution is 8.00. The van der Waals surface area contributed by atoms with Crippen LogP contribution in [0.25, 0.3) is 22.2 Å². The summed E-state index contributed by atoms with van der Waals surface area (Å²) in [5.41, 5.74) is 4.03. The molecule has 1 aliphatic rings. The largest absolute Gasteiger partial charge is 0.302 e. The molecule has 128 valence electrons. The van der Waals surface area contributed by atoms with E-state index in [0.717, 1.165) is 65.1 Å². The summed E-state index contributed by atoms with van der Waals surface area (Å²) in [5.74, 6) is 0. The lowest BCUT2D eigenvalue weighted by Gasteiger charge is -2.18. The van der Waals surface area contributed by atoms with Crippen LogP contribution in [-0.4, -0.2) is 40.6 Å². The minimum Gasteiger partial charge on any atom is -0.302 e. The molecule has 0 saturated carbocycles. The molecule has 0 N–H and O–H groups in total. The van der Waals surface area contributed by atoms with Gasteiger partial charge in [0.05, 0.1) is 12.1 Å². The molecule has 0 aliphatic carbocycles. The Kier molecular flexibility index (Phi) is 4.36. The average Bonchev–Trinajstić information content (AvgIpc) is 3.03. The van der Waals surface area contributed by atoms with E-state index >= 15 is 0 Å². The number of nitrogens with zero attached hydrogens (tertiary/aromatic N) is 3. The molecule has 0 spiro atoms. The zero-order valence-corrected chi connectivity index (χ0v) is 15.3. The summed E-state index contributed by atoms with van der Waals surface area (Å²) in [4.78, 5) is 16.1. The van der Waals surface area contributed by atoms with E-state index < -0.39 is 0 Å². The molecule has 1 aliphatic heterocycles. The third-order valence-corrected chi connectivity index (χ3v) is 6.13. The van der Waals surface area contributed by atoms with Gasteiger partial charge in [0.1, 0.15) is 5.69 Å². The molecule has 5 heteroatoms. The number of fused-ring (bicyclic) bond motifs is 2. The van der Waals surface area contributed by atoms with Crippen LogP contribution < -0.4 is 0 Å². The monoisotopic (exact) mass is 351 g/mol. The van der Waals surface area contributed by atoms with Gasteiger partial charge in [0.25, 0.3) is 0 Å². The van der Waals surface area contributed by atoms with Gasteiger partial charge in [-0.05, 0) is 31.3 Å². The molecule has 4 nitrogen and oxygen atoms in total. The van der Waals surface area contributed by atoms with Crippen molar-refractivity contribution in [2.24, 2.45) is 0 Å². The fourth-order valence-corrected chi connectivity index (χ4v) is 4.63. The molecule has 0 amide bonds. The van der Waals surface area contributed by atoms with Gasteiger partial charge in [-0.3, -0.25) is 9.48 Å². The van der Waals surface area contributed by atoms with Gasteiger partial charge in [-0.2, -0.15) is 5.10 Å². The number of aromatic nitrogens is 2. The van der Waals surface area contributed by atoms with E-state index in [0.29, 0.717) is 0 Å². The first-order valence-corrected chi connectivity index (χ1v) is 9.56. The number of benzene rings is 2. The zero-order valence-electron chi connectivity index (χ0n) is 14.5. The number of likely N-dealkylation sites (N-methyl/N-ethyl adjacent to an activating group) is 1. The van der Waals surface area contributed by atoms with E-state index in [9.17, 15) is 4.79 Å². The van der Waals surface area contributed by atoms with Crippen LogP contribution in [0, 0.1) is 0 Å². The summed E-state index contributed by atoms with van der Waals surface area (Å²) in [6.45, 7) is 8.29. The molecular formula is C20H21N3OS. The van der Waals surface area contributed by atoms with Crippen molar-refractivity contribution >= 4 is 29.0 Å². The summed E-state index contributed by atoms with van der Waals surface area (Å²) in [6, 6.07) is 12.3. The smallest absolute Gasteiger partial charge is 0.151 e. The van der Waals surface area contributed by atoms with Crippen molar-refractivity contribution in [3.05, 3.63) is 42.0 Å². The minimum atomic E-state index is 0.747. The van der Waals surface area contributed by atoms with Gasteiger partial charge in [0.15, 0.2) is 6.29 Å².